The first-order valence-corrected chi connectivity index (χ1v) is 14.8. The van der Waals surface area contributed by atoms with Gasteiger partial charge in [0, 0.05) is 16.7 Å². The van der Waals surface area contributed by atoms with Gasteiger partial charge < -0.3 is 10.2 Å². The highest BCUT2D eigenvalue weighted by molar-refractivity contribution is 14.1. The zero-order chi connectivity index (χ0) is 27.7. The summed E-state index contributed by atoms with van der Waals surface area (Å²) in [4.78, 5) is 28.1. The number of amides is 2. The second-order valence-electron chi connectivity index (χ2n) is 8.77. The molecule has 1 N–H and O–H groups in total. The molecule has 0 saturated carbocycles. The lowest BCUT2D eigenvalue weighted by molar-refractivity contribution is -0.139. The zero-order valence-electron chi connectivity index (χ0n) is 21.3. The van der Waals surface area contributed by atoms with Crippen molar-refractivity contribution in [3.8, 4) is 0 Å². The third-order valence-corrected chi connectivity index (χ3v) is 8.49. The molecule has 7 nitrogen and oxygen atoms in total. The summed E-state index contributed by atoms with van der Waals surface area (Å²) in [7, 11) is -4.10. The molecule has 0 unspecified atom stereocenters. The summed E-state index contributed by atoms with van der Waals surface area (Å²) in [5, 5.41) is 2.84. The molecule has 0 aliphatic carbocycles. The summed E-state index contributed by atoms with van der Waals surface area (Å²) in [6, 6.07) is 19.4. The summed E-state index contributed by atoms with van der Waals surface area (Å²) in [5.74, 6) is -1.33. The van der Waals surface area contributed by atoms with Crippen LogP contribution in [0.3, 0.4) is 0 Å². The van der Waals surface area contributed by atoms with E-state index < -0.39 is 34.3 Å². The van der Waals surface area contributed by atoms with E-state index in [4.69, 9.17) is 0 Å². The molecule has 0 radical (unpaired) electrons. The fourth-order valence-corrected chi connectivity index (χ4v) is 5.56. The molecule has 0 aliphatic heterocycles. The van der Waals surface area contributed by atoms with Gasteiger partial charge in [-0.2, -0.15) is 0 Å². The number of hydrogen-bond donors (Lipinski definition) is 1. The molecule has 10 heteroatoms. The Hall–Kier alpha value is -2.99. The molecule has 3 aromatic carbocycles. The maximum Gasteiger partial charge on any atom is 0.264 e. The Morgan fingerprint density at radius 1 is 0.974 bits per heavy atom. The number of unbranched alkanes of at least 4 members (excludes halogenated alkanes) is 1. The van der Waals surface area contributed by atoms with Gasteiger partial charge in [-0.15, -0.1) is 0 Å². The topological polar surface area (TPSA) is 86.8 Å². The molecular weight excluding hydrogens is 620 g/mol. The smallest absolute Gasteiger partial charge is 0.264 e. The van der Waals surface area contributed by atoms with Crippen LogP contribution in [0.2, 0.25) is 0 Å². The Morgan fingerprint density at radius 2 is 1.61 bits per heavy atom. The van der Waals surface area contributed by atoms with Crippen LogP contribution in [-0.2, 0) is 26.2 Å². The van der Waals surface area contributed by atoms with Gasteiger partial charge in [-0.1, -0.05) is 43.7 Å². The van der Waals surface area contributed by atoms with Gasteiger partial charge in [-0.25, -0.2) is 12.8 Å². The molecule has 0 aliphatic rings. The summed E-state index contributed by atoms with van der Waals surface area (Å²) < 4.78 is 42.8. The molecule has 0 fully saturated rings. The average Bonchev–Trinajstić information content (AvgIpc) is 2.92. The molecule has 3 aromatic rings. The van der Waals surface area contributed by atoms with Crippen molar-refractivity contribution >= 4 is 50.1 Å². The lowest BCUT2D eigenvalue weighted by Gasteiger charge is -2.32. The minimum atomic E-state index is -4.10. The molecule has 2 amide bonds. The molecule has 1 atom stereocenters. The molecule has 202 valence electrons. The molecule has 0 saturated heterocycles. The van der Waals surface area contributed by atoms with Crippen molar-refractivity contribution in [2.45, 2.75) is 44.2 Å². The number of hydrogen-bond acceptors (Lipinski definition) is 4. The van der Waals surface area contributed by atoms with E-state index in [9.17, 15) is 22.4 Å². The number of halogens is 2. The van der Waals surface area contributed by atoms with Gasteiger partial charge in [-0.05, 0) is 90.0 Å². The third kappa shape index (κ3) is 7.76. The quantitative estimate of drug-likeness (QED) is 0.222. The predicted octanol–water partition coefficient (Wildman–Crippen LogP) is 4.96. The van der Waals surface area contributed by atoms with Gasteiger partial charge in [0.25, 0.3) is 10.0 Å². The molecule has 0 heterocycles. The largest absolute Gasteiger partial charge is 0.354 e. The van der Waals surface area contributed by atoms with E-state index in [1.807, 2.05) is 6.92 Å². The van der Waals surface area contributed by atoms with E-state index in [1.165, 1.54) is 41.3 Å². The molecule has 0 spiro atoms. The van der Waals surface area contributed by atoms with Crippen molar-refractivity contribution < 1.29 is 22.4 Å². The van der Waals surface area contributed by atoms with Gasteiger partial charge >= 0.3 is 0 Å². The summed E-state index contributed by atoms with van der Waals surface area (Å²) in [6.07, 6.45) is 1.69. The van der Waals surface area contributed by atoms with Crippen molar-refractivity contribution in [2.24, 2.45) is 0 Å². The Labute approximate surface area is 237 Å². The predicted molar refractivity (Wildman–Crippen MR) is 154 cm³/mol. The lowest BCUT2D eigenvalue weighted by atomic mass is 10.1. The Balaban J connectivity index is 1.97. The second kappa shape index (κ2) is 13.7. The van der Waals surface area contributed by atoms with Crippen LogP contribution < -0.4 is 9.62 Å². The summed E-state index contributed by atoms with van der Waals surface area (Å²) >= 11 is 2.12. The first-order valence-electron chi connectivity index (χ1n) is 12.3. The molecular formula is C28H31FIN3O4S. The first kappa shape index (κ1) is 29.6. The maximum absolute atomic E-state index is 13.8. The number of nitrogens with zero attached hydrogens (tertiary/aromatic N) is 2. The number of carbonyl (C=O) groups excluding carboxylic acids is 2. The van der Waals surface area contributed by atoms with E-state index in [-0.39, 0.29) is 17.3 Å². The van der Waals surface area contributed by atoms with Crippen molar-refractivity contribution in [3.05, 3.63) is 93.8 Å². The third-order valence-electron chi connectivity index (χ3n) is 5.99. The Bertz CT molecular complexity index is 1320. The molecule has 38 heavy (non-hydrogen) atoms. The monoisotopic (exact) mass is 651 g/mol. The van der Waals surface area contributed by atoms with E-state index in [2.05, 4.69) is 27.9 Å². The minimum absolute atomic E-state index is 0.00733. The standard InChI is InChI=1S/C28H31FIN3O4S/c1-3-4-18-31-28(35)21(2)32(19-22-10-12-23(29)13-11-22)27(34)20-33(25-16-14-24(30)15-17-25)38(36,37)26-8-6-5-7-9-26/h5-17,21H,3-4,18-20H2,1-2H3,(H,31,35)/t21-/m1/s1. The van der Waals surface area contributed by atoms with Gasteiger partial charge in [0.05, 0.1) is 10.6 Å². The van der Waals surface area contributed by atoms with Crippen LogP contribution in [0.4, 0.5) is 10.1 Å². The number of anilines is 1. The number of nitrogens with one attached hydrogen (secondary N) is 1. The van der Waals surface area contributed by atoms with Crippen LogP contribution in [0.1, 0.15) is 32.3 Å². The van der Waals surface area contributed by atoms with E-state index in [1.54, 1.807) is 49.4 Å². The fraction of sp³-hybridized carbons (Fsp3) is 0.286. The number of carbonyl (C=O) groups is 2. The van der Waals surface area contributed by atoms with Gasteiger partial charge in [0.2, 0.25) is 11.8 Å². The van der Waals surface area contributed by atoms with Gasteiger partial charge in [0.1, 0.15) is 18.4 Å². The highest BCUT2D eigenvalue weighted by atomic mass is 127. The highest BCUT2D eigenvalue weighted by Crippen LogP contribution is 2.25. The second-order valence-corrected chi connectivity index (χ2v) is 11.9. The van der Waals surface area contributed by atoms with Crippen molar-refractivity contribution in [3.63, 3.8) is 0 Å². The Morgan fingerprint density at radius 3 is 2.21 bits per heavy atom. The first-order chi connectivity index (χ1) is 18.1. The van der Waals surface area contributed by atoms with Crippen molar-refractivity contribution in [1.82, 2.24) is 10.2 Å². The molecule has 0 bridgehead atoms. The number of rotatable bonds is 12. The summed E-state index contributed by atoms with van der Waals surface area (Å²) in [5.41, 5.74) is 0.934. The van der Waals surface area contributed by atoms with Gasteiger partial charge in [0.15, 0.2) is 0 Å². The van der Waals surface area contributed by atoms with Crippen LogP contribution >= 0.6 is 22.6 Å². The maximum atomic E-state index is 13.8. The zero-order valence-corrected chi connectivity index (χ0v) is 24.3. The molecule has 3 rings (SSSR count). The highest BCUT2D eigenvalue weighted by Gasteiger charge is 2.32. The number of benzene rings is 3. The van der Waals surface area contributed by atoms with E-state index >= 15 is 0 Å². The van der Waals surface area contributed by atoms with Crippen LogP contribution in [0.5, 0.6) is 0 Å². The van der Waals surface area contributed by atoms with Gasteiger partial charge in [-0.3, -0.25) is 13.9 Å². The average molecular weight is 652 g/mol. The van der Waals surface area contributed by atoms with E-state index in [0.29, 0.717) is 17.8 Å². The number of sulfonamides is 1. The van der Waals surface area contributed by atoms with Crippen LogP contribution in [0.15, 0.2) is 83.8 Å². The SMILES string of the molecule is CCCCNC(=O)[C@@H](C)N(Cc1ccc(F)cc1)C(=O)CN(c1ccc(I)cc1)S(=O)(=O)c1ccccc1. The van der Waals surface area contributed by atoms with Crippen LogP contribution in [-0.4, -0.2) is 44.3 Å². The lowest BCUT2D eigenvalue weighted by Crippen LogP contribution is -2.51. The van der Waals surface area contributed by atoms with Crippen molar-refractivity contribution in [1.29, 1.82) is 0 Å². The van der Waals surface area contributed by atoms with Crippen LogP contribution in [0.25, 0.3) is 0 Å². The minimum Gasteiger partial charge on any atom is -0.354 e. The molecule has 0 aromatic heterocycles. The van der Waals surface area contributed by atoms with E-state index in [0.717, 1.165) is 20.7 Å². The Kier molecular flexibility index (Phi) is 10.7. The van der Waals surface area contributed by atoms with Crippen LogP contribution in [0, 0.1) is 9.39 Å². The summed E-state index contributed by atoms with van der Waals surface area (Å²) in [6.45, 7) is 3.56. The van der Waals surface area contributed by atoms with Crippen molar-refractivity contribution in [2.75, 3.05) is 17.4 Å². The normalized spacial score (nSPS) is 12.0. The fourth-order valence-electron chi connectivity index (χ4n) is 3.76.